The number of hydrogen-bond acceptors (Lipinski definition) is 4. The van der Waals surface area contributed by atoms with Gasteiger partial charge in [0.05, 0.1) is 20.1 Å². The molecule has 7 heteroatoms. The van der Waals surface area contributed by atoms with E-state index in [0.29, 0.717) is 36.7 Å². The summed E-state index contributed by atoms with van der Waals surface area (Å²) in [6.45, 7) is 0.752. The molecule has 0 spiro atoms. The number of ether oxygens (including phenoxy) is 2. The van der Waals surface area contributed by atoms with Crippen LogP contribution in [0.4, 0.5) is 10.1 Å². The molecule has 1 aliphatic heterocycles. The molecule has 0 saturated carbocycles. The van der Waals surface area contributed by atoms with E-state index in [2.05, 4.69) is 5.32 Å². The average molecular weight is 386 g/mol. The number of hydrogen-bond donors (Lipinski definition) is 1. The van der Waals surface area contributed by atoms with Gasteiger partial charge in [0, 0.05) is 31.3 Å². The van der Waals surface area contributed by atoms with Gasteiger partial charge in [0.1, 0.15) is 5.82 Å². The Balaban J connectivity index is 1.57. The Kier molecular flexibility index (Phi) is 6.13. The van der Waals surface area contributed by atoms with Crippen molar-refractivity contribution in [3.8, 4) is 11.5 Å². The maximum Gasteiger partial charge on any atom is 0.227 e. The van der Waals surface area contributed by atoms with Crippen LogP contribution in [0.2, 0.25) is 0 Å². The van der Waals surface area contributed by atoms with Crippen LogP contribution >= 0.6 is 0 Å². The summed E-state index contributed by atoms with van der Waals surface area (Å²) in [5.41, 5.74) is 1.61. The molecule has 1 saturated heterocycles. The third kappa shape index (κ3) is 4.42. The molecule has 1 unspecified atom stereocenters. The molecule has 28 heavy (non-hydrogen) atoms. The molecule has 1 atom stereocenters. The summed E-state index contributed by atoms with van der Waals surface area (Å²) in [5.74, 6) is 0.152. The molecule has 6 nitrogen and oxygen atoms in total. The summed E-state index contributed by atoms with van der Waals surface area (Å²) in [5, 5.41) is 2.86. The third-order valence-corrected chi connectivity index (χ3v) is 4.80. The number of carbonyl (C=O) groups excluding carboxylic acids is 2. The van der Waals surface area contributed by atoms with E-state index in [-0.39, 0.29) is 24.1 Å². The second-order valence-corrected chi connectivity index (χ2v) is 6.61. The number of nitrogens with zero attached hydrogens (tertiary/aromatic N) is 1. The van der Waals surface area contributed by atoms with Crippen LogP contribution < -0.4 is 19.7 Å². The molecule has 3 rings (SSSR count). The van der Waals surface area contributed by atoms with Gasteiger partial charge in [-0.15, -0.1) is 0 Å². The van der Waals surface area contributed by atoms with Crippen molar-refractivity contribution in [3.05, 3.63) is 53.8 Å². The Hall–Kier alpha value is -3.09. The van der Waals surface area contributed by atoms with Gasteiger partial charge in [-0.1, -0.05) is 12.1 Å². The van der Waals surface area contributed by atoms with E-state index in [4.69, 9.17) is 9.47 Å². The maximum absolute atomic E-state index is 12.9. The zero-order valence-corrected chi connectivity index (χ0v) is 15.9. The largest absolute Gasteiger partial charge is 0.493 e. The predicted molar refractivity (Wildman–Crippen MR) is 103 cm³/mol. The van der Waals surface area contributed by atoms with Crippen LogP contribution in [0.1, 0.15) is 12.0 Å². The highest BCUT2D eigenvalue weighted by Gasteiger charge is 2.35. The Morgan fingerprint density at radius 1 is 1.14 bits per heavy atom. The van der Waals surface area contributed by atoms with E-state index in [9.17, 15) is 14.0 Å². The molecule has 0 aliphatic carbocycles. The predicted octanol–water partition coefficient (Wildman–Crippen LogP) is 2.55. The zero-order valence-electron chi connectivity index (χ0n) is 15.9. The lowest BCUT2D eigenvalue weighted by atomic mass is 10.1. The lowest BCUT2D eigenvalue weighted by molar-refractivity contribution is -0.126. The summed E-state index contributed by atoms with van der Waals surface area (Å²) < 4.78 is 23.4. The normalized spacial score (nSPS) is 16.2. The number of halogens is 1. The molecular formula is C21H23FN2O4. The fourth-order valence-electron chi connectivity index (χ4n) is 3.25. The van der Waals surface area contributed by atoms with Crippen molar-refractivity contribution in [2.75, 3.05) is 32.2 Å². The number of amides is 2. The van der Waals surface area contributed by atoms with Crippen molar-refractivity contribution in [2.24, 2.45) is 5.92 Å². The number of rotatable bonds is 7. The van der Waals surface area contributed by atoms with Crippen LogP contribution in [0.15, 0.2) is 42.5 Å². The molecule has 2 aromatic rings. The lowest BCUT2D eigenvalue weighted by Gasteiger charge is -2.18. The molecule has 1 N–H and O–H groups in total. The molecule has 2 amide bonds. The van der Waals surface area contributed by atoms with Crippen molar-refractivity contribution in [3.63, 3.8) is 0 Å². The van der Waals surface area contributed by atoms with Gasteiger partial charge >= 0.3 is 0 Å². The first-order valence-corrected chi connectivity index (χ1v) is 9.06. The SMILES string of the molecule is COc1ccc(N2CC(C(=O)NCCc3ccc(F)cc3)CC2=O)cc1OC. The Labute approximate surface area is 163 Å². The first kappa shape index (κ1) is 19.7. The van der Waals surface area contributed by atoms with Gasteiger partial charge in [-0.3, -0.25) is 9.59 Å². The van der Waals surface area contributed by atoms with Crippen LogP contribution in [-0.4, -0.2) is 39.1 Å². The van der Waals surface area contributed by atoms with E-state index in [0.717, 1.165) is 5.56 Å². The van der Waals surface area contributed by atoms with Gasteiger partial charge in [-0.2, -0.15) is 0 Å². The van der Waals surface area contributed by atoms with Crippen LogP contribution in [0.3, 0.4) is 0 Å². The van der Waals surface area contributed by atoms with Crippen molar-refractivity contribution in [2.45, 2.75) is 12.8 Å². The van der Waals surface area contributed by atoms with Crippen LogP contribution in [0, 0.1) is 11.7 Å². The van der Waals surface area contributed by atoms with Gasteiger partial charge < -0.3 is 19.7 Å². The second kappa shape index (κ2) is 8.73. The fourth-order valence-corrected chi connectivity index (χ4v) is 3.25. The van der Waals surface area contributed by atoms with E-state index in [1.807, 2.05) is 0 Å². The summed E-state index contributed by atoms with van der Waals surface area (Å²) in [7, 11) is 3.08. The van der Waals surface area contributed by atoms with Gasteiger partial charge in [0.15, 0.2) is 11.5 Å². The minimum absolute atomic E-state index is 0.106. The number of benzene rings is 2. The molecule has 1 heterocycles. The maximum atomic E-state index is 12.9. The Bertz CT molecular complexity index is 854. The molecule has 2 aromatic carbocycles. The van der Waals surface area contributed by atoms with Crippen LogP contribution in [0.25, 0.3) is 0 Å². The van der Waals surface area contributed by atoms with Crippen molar-refractivity contribution in [1.29, 1.82) is 0 Å². The Morgan fingerprint density at radius 2 is 1.86 bits per heavy atom. The number of anilines is 1. The minimum Gasteiger partial charge on any atom is -0.493 e. The summed E-state index contributed by atoms with van der Waals surface area (Å²) in [6.07, 6.45) is 0.767. The van der Waals surface area contributed by atoms with E-state index in [1.54, 1.807) is 42.3 Å². The topological polar surface area (TPSA) is 67.9 Å². The van der Waals surface area contributed by atoms with Crippen LogP contribution in [-0.2, 0) is 16.0 Å². The molecule has 0 bridgehead atoms. The number of nitrogens with one attached hydrogen (secondary N) is 1. The molecular weight excluding hydrogens is 363 g/mol. The molecule has 1 aliphatic rings. The van der Waals surface area contributed by atoms with Gasteiger partial charge in [0.25, 0.3) is 0 Å². The monoisotopic (exact) mass is 386 g/mol. The van der Waals surface area contributed by atoms with Gasteiger partial charge in [-0.05, 0) is 36.2 Å². The summed E-state index contributed by atoms with van der Waals surface area (Å²) >= 11 is 0. The minimum atomic E-state index is -0.409. The number of methoxy groups -OCH3 is 2. The van der Waals surface area contributed by atoms with Crippen molar-refractivity contribution < 1.29 is 23.5 Å². The smallest absolute Gasteiger partial charge is 0.227 e. The summed E-state index contributed by atoms with van der Waals surface area (Å²) in [4.78, 5) is 26.4. The second-order valence-electron chi connectivity index (χ2n) is 6.61. The average Bonchev–Trinajstić information content (AvgIpc) is 3.10. The highest BCUT2D eigenvalue weighted by Crippen LogP contribution is 2.34. The summed E-state index contributed by atoms with van der Waals surface area (Å²) in [6, 6.07) is 11.4. The quantitative estimate of drug-likeness (QED) is 0.794. The standard InChI is InChI=1S/C21H23FN2O4/c1-27-18-8-7-17(12-19(18)28-2)24-13-15(11-20(24)25)21(26)23-10-9-14-3-5-16(22)6-4-14/h3-8,12,15H,9-11,13H2,1-2H3,(H,23,26). The molecule has 1 fully saturated rings. The van der Waals surface area contributed by atoms with E-state index in [1.165, 1.54) is 19.2 Å². The fraction of sp³-hybridized carbons (Fsp3) is 0.333. The van der Waals surface area contributed by atoms with Crippen molar-refractivity contribution in [1.82, 2.24) is 5.32 Å². The number of carbonyl (C=O) groups is 2. The molecule has 0 radical (unpaired) electrons. The van der Waals surface area contributed by atoms with Crippen LogP contribution in [0.5, 0.6) is 11.5 Å². The highest BCUT2D eigenvalue weighted by atomic mass is 19.1. The first-order valence-electron chi connectivity index (χ1n) is 9.06. The highest BCUT2D eigenvalue weighted by molar-refractivity contribution is 6.00. The lowest BCUT2D eigenvalue weighted by Crippen LogP contribution is -2.34. The van der Waals surface area contributed by atoms with Gasteiger partial charge in [-0.25, -0.2) is 4.39 Å². The first-order chi connectivity index (χ1) is 13.5. The van der Waals surface area contributed by atoms with Crippen molar-refractivity contribution >= 4 is 17.5 Å². The van der Waals surface area contributed by atoms with E-state index >= 15 is 0 Å². The third-order valence-electron chi connectivity index (χ3n) is 4.80. The Morgan fingerprint density at radius 3 is 2.54 bits per heavy atom. The van der Waals surface area contributed by atoms with Gasteiger partial charge in [0.2, 0.25) is 11.8 Å². The molecule has 0 aromatic heterocycles. The zero-order chi connectivity index (χ0) is 20.1. The molecule has 148 valence electrons. The van der Waals surface area contributed by atoms with E-state index < -0.39 is 5.92 Å².